The van der Waals surface area contributed by atoms with Crippen molar-refractivity contribution < 1.29 is 24.2 Å². The van der Waals surface area contributed by atoms with Gasteiger partial charge < -0.3 is 25.8 Å². The number of nitrogens with one attached hydrogen (secondary N) is 3. The Balaban J connectivity index is 3.89. The minimum atomic E-state index is -0.836. The minimum Gasteiger partial charge on any atom is -0.481 e. The second kappa shape index (κ2) is 13.9. The fraction of sp³-hybridized carbons (Fsp3) is 0.600. The fourth-order valence-electron chi connectivity index (χ4n) is 1.62. The van der Waals surface area contributed by atoms with Gasteiger partial charge in [0, 0.05) is 32.3 Å². The van der Waals surface area contributed by atoms with Gasteiger partial charge in [-0.3, -0.25) is 9.59 Å². The molecule has 0 saturated heterocycles. The van der Waals surface area contributed by atoms with Crippen molar-refractivity contribution in [3.8, 4) is 6.07 Å². The molecule has 0 fully saturated rings. The van der Waals surface area contributed by atoms with Crippen LogP contribution in [0, 0.1) is 11.3 Å². The third kappa shape index (κ3) is 11.9. The van der Waals surface area contributed by atoms with Crippen molar-refractivity contribution in [2.75, 3.05) is 26.2 Å². The van der Waals surface area contributed by atoms with Crippen molar-refractivity contribution >= 4 is 18.0 Å². The van der Waals surface area contributed by atoms with Crippen LogP contribution >= 0.6 is 0 Å². The molecular formula is C15H24N4O5. The third-order valence-electron chi connectivity index (χ3n) is 2.78. The van der Waals surface area contributed by atoms with Gasteiger partial charge in [-0.2, -0.15) is 5.26 Å². The number of nitrogens with zero attached hydrogens (tertiary/aromatic N) is 1. The maximum Gasteiger partial charge on any atom is 0.407 e. The van der Waals surface area contributed by atoms with Crippen LogP contribution in [0.2, 0.25) is 0 Å². The molecule has 0 aliphatic heterocycles. The van der Waals surface area contributed by atoms with Crippen molar-refractivity contribution in [3.63, 3.8) is 0 Å². The van der Waals surface area contributed by atoms with Crippen molar-refractivity contribution in [2.45, 2.75) is 32.6 Å². The van der Waals surface area contributed by atoms with Gasteiger partial charge in [0.05, 0.1) is 6.61 Å². The lowest BCUT2D eigenvalue weighted by Gasteiger charge is -2.06. The van der Waals surface area contributed by atoms with Gasteiger partial charge >= 0.3 is 12.1 Å². The van der Waals surface area contributed by atoms with Crippen molar-refractivity contribution in [2.24, 2.45) is 0 Å². The molecular weight excluding hydrogens is 316 g/mol. The highest BCUT2D eigenvalue weighted by atomic mass is 16.5. The van der Waals surface area contributed by atoms with E-state index < -0.39 is 18.0 Å². The molecule has 0 aliphatic carbocycles. The van der Waals surface area contributed by atoms with E-state index in [0.29, 0.717) is 38.9 Å². The summed E-state index contributed by atoms with van der Waals surface area (Å²) < 4.78 is 4.67. The van der Waals surface area contributed by atoms with Crippen LogP contribution in [0.15, 0.2) is 11.8 Å². The molecule has 9 heteroatoms. The van der Waals surface area contributed by atoms with Gasteiger partial charge in [-0.05, 0) is 19.8 Å². The van der Waals surface area contributed by atoms with Gasteiger partial charge in [-0.1, -0.05) is 6.42 Å². The Morgan fingerprint density at radius 2 is 1.88 bits per heavy atom. The zero-order valence-electron chi connectivity index (χ0n) is 13.8. The Labute approximate surface area is 141 Å². The van der Waals surface area contributed by atoms with Crippen molar-refractivity contribution in [1.82, 2.24) is 16.0 Å². The molecule has 0 unspecified atom stereocenters. The monoisotopic (exact) mass is 340 g/mol. The van der Waals surface area contributed by atoms with Crippen LogP contribution in [0.3, 0.4) is 0 Å². The number of carbonyl (C=O) groups excluding carboxylic acids is 2. The summed E-state index contributed by atoms with van der Waals surface area (Å²) in [6.07, 6.45) is 2.77. The zero-order chi connectivity index (χ0) is 18.2. The molecule has 0 saturated carbocycles. The van der Waals surface area contributed by atoms with E-state index in [2.05, 4.69) is 20.7 Å². The summed E-state index contributed by atoms with van der Waals surface area (Å²) >= 11 is 0. The lowest BCUT2D eigenvalue weighted by molar-refractivity contribution is -0.137. The molecule has 0 atom stereocenters. The van der Waals surface area contributed by atoms with Crippen LogP contribution < -0.4 is 16.0 Å². The van der Waals surface area contributed by atoms with Gasteiger partial charge in [0.2, 0.25) is 0 Å². The normalized spacial score (nSPS) is 10.4. The van der Waals surface area contributed by atoms with Crippen LogP contribution in [0.25, 0.3) is 0 Å². The fourth-order valence-corrected chi connectivity index (χ4v) is 1.62. The average Bonchev–Trinajstić information content (AvgIpc) is 2.54. The van der Waals surface area contributed by atoms with Gasteiger partial charge in [0.25, 0.3) is 5.91 Å². The second-order valence-corrected chi connectivity index (χ2v) is 4.73. The summed E-state index contributed by atoms with van der Waals surface area (Å²) in [6, 6.07) is 1.79. The molecule has 0 aromatic heterocycles. The molecule has 134 valence electrons. The van der Waals surface area contributed by atoms with Crippen molar-refractivity contribution in [1.29, 1.82) is 5.26 Å². The first-order valence-corrected chi connectivity index (χ1v) is 7.75. The summed E-state index contributed by atoms with van der Waals surface area (Å²) in [5.41, 5.74) is -0.0725. The molecule has 24 heavy (non-hydrogen) atoms. The van der Waals surface area contributed by atoms with Gasteiger partial charge in [-0.15, -0.1) is 0 Å². The van der Waals surface area contributed by atoms with Gasteiger partial charge in [-0.25, -0.2) is 4.79 Å². The summed E-state index contributed by atoms with van der Waals surface area (Å²) in [5, 5.41) is 25.3. The molecule has 0 heterocycles. The van der Waals surface area contributed by atoms with Crippen LogP contribution in [-0.4, -0.2) is 49.3 Å². The molecule has 0 aliphatic rings. The highest BCUT2D eigenvalue weighted by molar-refractivity contribution is 5.97. The standard InChI is InChI=1S/C15H24N4O5/c1-2-24-15(23)19-9-8-17-11-12(10-16)14(22)18-7-5-3-4-6-13(20)21/h11,17H,2-9H2,1H3,(H,18,22)(H,19,23)(H,20,21)/b12-11-. The highest BCUT2D eigenvalue weighted by Gasteiger charge is 2.07. The number of hydrogen-bond acceptors (Lipinski definition) is 6. The quantitative estimate of drug-likeness (QED) is 0.230. The second-order valence-electron chi connectivity index (χ2n) is 4.73. The zero-order valence-corrected chi connectivity index (χ0v) is 13.8. The Kier molecular flexibility index (Phi) is 12.3. The van der Waals surface area contributed by atoms with Crippen molar-refractivity contribution in [3.05, 3.63) is 11.8 Å². The number of carboxylic acids is 1. The summed E-state index contributed by atoms with van der Waals surface area (Å²) in [7, 11) is 0. The number of unbranched alkanes of at least 4 members (excludes halogenated alkanes) is 2. The Hall–Kier alpha value is -2.76. The number of rotatable bonds is 12. The topological polar surface area (TPSA) is 141 Å². The SMILES string of the molecule is CCOC(=O)NCCN/C=C(/C#N)C(=O)NCCCCCC(=O)O. The largest absolute Gasteiger partial charge is 0.481 e. The van der Waals surface area contributed by atoms with Gasteiger partial charge in [0.1, 0.15) is 11.6 Å². The Bertz CT molecular complexity index is 485. The van der Waals surface area contributed by atoms with Crippen LogP contribution in [0.4, 0.5) is 4.79 Å². The number of amides is 2. The molecule has 0 bridgehead atoms. The van der Waals surface area contributed by atoms with E-state index in [1.54, 1.807) is 13.0 Å². The van der Waals surface area contributed by atoms with Crippen LogP contribution in [0.5, 0.6) is 0 Å². The maximum atomic E-state index is 11.7. The van der Waals surface area contributed by atoms with E-state index in [9.17, 15) is 14.4 Å². The number of ether oxygens (including phenoxy) is 1. The molecule has 0 aromatic carbocycles. The lowest BCUT2D eigenvalue weighted by atomic mass is 10.2. The van der Waals surface area contributed by atoms with E-state index in [4.69, 9.17) is 10.4 Å². The number of carboxylic acid groups (broad SMARTS) is 1. The molecule has 4 N–H and O–H groups in total. The van der Waals surface area contributed by atoms with Gasteiger partial charge in [0.15, 0.2) is 0 Å². The number of alkyl carbamates (subject to hydrolysis) is 1. The number of nitriles is 1. The smallest absolute Gasteiger partial charge is 0.407 e. The first-order chi connectivity index (χ1) is 11.5. The molecule has 0 aromatic rings. The Morgan fingerprint density at radius 3 is 2.50 bits per heavy atom. The molecule has 0 spiro atoms. The highest BCUT2D eigenvalue weighted by Crippen LogP contribution is 1.99. The first kappa shape index (κ1) is 21.2. The van der Waals surface area contributed by atoms with E-state index >= 15 is 0 Å². The van der Waals surface area contributed by atoms with E-state index in [1.165, 1.54) is 6.20 Å². The van der Waals surface area contributed by atoms with Crippen LogP contribution in [0.1, 0.15) is 32.6 Å². The summed E-state index contributed by atoms with van der Waals surface area (Å²) in [5.74, 6) is -1.33. The summed E-state index contributed by atoms with van der Waals surface area (Å²) in [4.78, 5) is 33.1. The van der Waals surface area contributed by atoms with Crippen LogP contribution in [-0.2, 0) is 14.3 Å². The van der Waals surface area contributed by atoms with E-state index in [1.807, 2.05) is 0 Å². The molecule has 2 amide bonds. The number of hydrogen-bond donors (Lipinski definition) is 4. The number of carbonyl (C=O) groups is 3. The minimum absolute atomic E-state index is 0.0725. The molecule has 0 rings (SSSR count). The molecule has 9 nitrogen and oxygen atoms in total. The number of aliphatic carboxylic acids is 1. The maximum absolute atomic E-state index is 11.7. The molecule has 0 radical (unpaired) electrons. The summed E-state index contributed by atoms with van der Waals surface area (Å²) in [6.45, 7) is 2.99. The third-order valence-corrected chi connectivity index (χ3v) is 2.78. The van der Waals surface area contributed by atoms with E-state index in [-0.39, 0.29) is 18.6 Å². The Morgan fingerprint density at radius 1 is 1.12 bits per heavy atom. The predicted molar refractivity (Wildman–Crippen MR) is 85.8 cm³/mol. The predicted octanol–water partition coefficient (Wildman–Crippen LogP) is 0.491. The van der Waals surface area contributed by atoms with E-state index in [0.717, 1.165) is 0 Å². The lowest BCUT2D eigenvalue weighted by Crippen LogP contribution is -2.31. The first-order valence-electron chi connectivity index (χ1n) is 7.75. The average molecular weight is 340 g/mol.